The van der Waals surface area contributed by atoms with Crippen LogP contribution in [0.25, 0.3) is 0 Å². The van der Waals surface area contributed by atoms with E-state index in [-0.39, 0.29) is 0 Å². The Labute approximate surface area is 136 Å². The fourth-order valence-corrected chi connectivity index (χ4v) is 4.88. The average molecular weight is 300 g/mol. The molecule has 0 bridgehead atoms. The first-order chi connectivity index (χ1) is 10.8. The molecule has 1 N–H and O–H groups in total. The van der Waals surface area contributed by atoms with Gasteiger partial charge in [-0.25, -0.2) is 0 Å². The van der Waals surface area contributed by atoms with Crippen molar-refractivity contribution in [2.45, 2.75) is 51.4 Å². The van der Waals surface area contributed by atoms with E-state index in [1.54, 1.807) is 5.56 Å². The van der Waals surface area contributed by atoms with Gasteiger partial charge in [0.25, 0.3) is 0 Å². The van der Waals surface area contributed by atoms with E-state index < -0.39 is 0 Å². The van der Waals surface area contributed by atoms with E-state index in [9.17, 15) is 0 Å². The summed E-state index contributed by atoms with van der Waals surface area (Å²) in [7, 11) is 2.02. The number of nitrogens with zero attached hydrogens (tertiary/aromatic N) is 1. The summed E-state index contributed by atoms with van der Waals surface area (Å²) in [6.45, 7) is 8.65. The second-order valence-electron chi connectivity index (χ2n) is 7.26. The van der Waals surface area contributed by atoms with Crippen molar-refractivity contribution in [3.8, 4) is 0 Å². The highest BCUT2D eigenvalue weighted by molar-refractivity contribution is 5.50. The van der Waals surface area contributed by atoms with Crippen LogP contribution in [-0.2, 0) is 5.41 Å². The molecule has 1 aromatic rings. The molecule has 1 aliphatic carbocycles. The van der Waals surface area contributed by atoms with Crippen molar-refractivity contribution in [1.82, 2.24) is 4.90 Å². The number of rotatable bonds is 8. The molecule has 0 amide bonds. The molecule has 1 heterocycles. The molecule has 1 saturated carbocycles. The Morgan fingerprint density at radius 2 is 1.91 bits per heavy atom. The maximum Gasteiger partial charge on any atom is 0.0340 e. The number of benzene rings is 1. The monoisotopic (exact) mass is 300 g/mol. The van der Waals surface area contributed by atoms with Crippen LogP contribution in [0.2, 0.25) is 0 Å². The van der Waals surface area contributed by atoms with Gasteiger partial charge in [-0.05, 0) is 48.9 Å². The van der Waals surface area contributed by atoms with E-state index in [1.165, 1.54) is 57.4 Å². The summed E-state index contributed by atoms with van der Waals surface area (Å²) in [5.41, 5.74) is 3.31. The molecule has 0 aromatic heterocycles. The second kappa shape index (κ2) is 6.62. The molecule has 2 fully saturated rings. The maximum atomic E-state index is 3.30. The zero-order valence-electron chi connectivity index (χ0n) is 14.6. The molecule has 2 unspecified atom stereocenters. The van der Waals surface area contributed by atoms with E-state index >= 15 is 0 Å². The minimum absolute atomic E-state index is 0.479. The lowest BCUT2D eigenvalue weighted by Crippen LogP contribution is -2.31. The van der Waals surface area contributed by atoms with Crippen LogP contribution in [0.5, 0.6) is 0 Å². The third-order valence-corrected chi connectivity index (χ3v) is 6.21. The summed E-state index contributed by atoms with van der Waals surface area (Å²) in [6.07, 6.45) is 6.83. The topological polar surface area (TPSA) is 15.3 Å². The Morgan fingerprint density at radius 1 is 1.14 bits per heavy atom. The number of hydrogen-bond acceptors (Lipinski definition) is 2. The van der Waals surface area contributed by atoms with E-state index in [0.29, 0.717) is 5.41 Å². The lowest BCUT2D eigenvalue weighted by atomic mass is 9.87. The van der Waals surface area contributed by atoms with Gasteiger partial charge in [-0.1, -0.05) is 45.2 Å². The molecule has 3 rings (SSSR count). The SMILES string of the molecule is CCCCCCN1CC2C(C1)C2(CC)c1cccc(NC)c1. The highest BCUT2D eigenvalue weighted by atomic mass is 15.2. The van der Waals surface area contributed by atoms with E-state index in [4.69, 9.17) is 0 Å². The molecule has 22 heavy (non-hydrogen) atoms. The largest absolute Gasteiger partial charge is 0.388 e. The average Bonchev–Trinajstić information content (AvgIpc) is 2.95. The van der Waals surface area contributed by atoms with Crippen molar-refractivity contribution in [1.29, 1.82) is 0 Å². The van der Waals surface area contributed by atoms with Crippen molar-refractivity contribution in [2.24, 2.45) is 11.8 Å². The molecule has 2 aliphatic rings. The van der Waals surface area contributed by atoms with Gasteiger partial charge in [-0.3, -0.25) is 0 Å². The van der Waals surface area contributed by atoms with Crippen molar-refractivity contribution >= 4 is 5.69 Å². The summed E-state index contributed by atoms with van der Waals surface area (Å²) in [5.74, 6) is 1.80. The predicted molar refractivity (Wildman–Crippen MR) is 95.5 cm³/mol. The standard InChI is InChI=1S/C20H32N2/c1-4-6-7-8-12-22-14-18-19(15-22)20(18,5-2)16-10-9-11-17(13-16)21-3/h9-11,13,18-19,21H,4-8,12,14-15H2,1-3H3. The Morgan fingerprint density at radius 3 is 2.55 bits per heavy atom. The normalized spacial score (nSPS) is 30.3. The van der Waals surface area contributed by atoms with Gasteiger partial charge in [0.15, 0.2) is 0 Å². The maximum absolute atomic E-state index is 3.30. The quantitative estimate of drug-likeness (QED) is 0.710. The molecule has 1 saturated heterocycles. The second-order valence-corrected chi connectivity index (χ2v) is 7.26. The number of fused-ring (bicyclic) bond motifs is 1. The number of nitrogens with one attached hydrogen (secondary N) is 1. The van der Waals surface area contributed by atoms with Gasteiger partial charge < -0.3 is 10.2 Å². The lowest BCUT2D eigenvalue weighted by Gasteiger charge is -2.26. The molecule has 0 spiro atoms. The number of hydrogen-bond donors (Lipinski definition) is 1. The minimum atomic E-state index is 0.479. The summed E-state index contributed by atoms with van der Waals surface area (Å²) < 4.78 is 0. The van der Waals surface area contributed by atoms with Crippen LogP contribution in [-0.4, -0.2) is 31.6 Å². The lowest BCUT2D eigenvalue weighted by molar-refractivity contribution is 0.263. The fourth-order valence-electron chi connectivity index (χ4n) is 4.88. The van der Waals surface area contributed by atoms with Gasteiger partial charge in [0.1, 0.15) is 0 Å². The zero-order chi connectivity index (χ0) is 15.6. The first-order valence-electron chi connectivity index (χ1n) is 9.26. The molecule has 2 atom stereocenters. The van der Waals surface area contributed by atoms with Crippen molar-refractivity contribution < 1.29 is 0 Å². The van der Waals surface area contributed by atoms with E-state index in [2.05, 4.69) is 48.3 Å². The molecule has 122 valence electrons. The van der Waals surface area contributed by atoms with Gasteiger partial charge in [-0.15, -0.1) is 0 Å². The minimum Gasteiger partial charge on any atom is -0.388 e. The molecule has 1 aliphatic heterocycles. The van der Waals surface area contributed by atoms with Crippen LogP contribution in [0.3, 0.4) is 0 Å². The van der Waals surface area contributed by atoms with Crippen LogP contribution in [0.4, 0.5) is 5.69 Å². The third kappa shape index (κ3) is 2.67. The number of anilines is 1. The van der Waals surface area contributed by atoms with E-state index in [0.717, 1.165) is 11.8 Å². The summed E-state index contributed by atoms with van der Waals surface area (Å²) >= 11 is 0. The van der Waals surface area contributed by atoms with E-state index in [1.807, 2.05) is 7.05 Å². The predicted octanol–water partition coefficient (Wildman–Crippen LogP) is 4.52. The number of piperidine rings is 1. The van der Waals surface area contributed by atoms with Crippen LogP contribution in [0, 0.1) is 11.8 Å². The summed E-state index contributed by atoms with van der Waals surface area (Å²) in [4.78, 5) is 2.72. The molecule has 1 aromatic carbocycles. The summed E-state index contributed by atoms with van der Waals surface area (Å²) in [5, 5.41) is 3.30. The smallest absolute Gasteiger partial charge is 0.0340 e. The Bertz CT molecular complexity index is 484. The fraction of sp³-hybridized carbons (Fsp3) is 0.700. The van der Waals surface area contributed by atoms with Crippen molar-refractivity contribution in [3.63, 3.8) is 0 Å². The van der Waals surface area contributed by atoms with Gasteiger partial charge in [0.2, 0.25) is 0 Å². The van der Waals surface area contributed by atoms with Gasteiger partial charge >= 0.3 is 0 Å². The zero-order valence-corrected chi connectivity index (χ0v) is 14.6. The Kier molecular flexibility index (Phi) is 4.77. The molecule has 2 heteroatoms. The Balaban J connectivity index is 1.60. The van der Waals surface area contributed by atoms with Crippen LogP contribution in [0.15, 0.2) is 24.3 Å². The van der Waals surface area contributed by atoms with Gasteiger partial charge in [-0.2, -0.15) is 0 Å². The van der Waals surface area contributed by atoms with Crippen LogP contribution < -0.4 is 5.32 Å². The molecular weight excluding hydrogens is 268 g/mol. The third-order valence-electron chi connectivity index (χ3n) is 6.21. The Hall–Kier alpha value is -1.02. The first-order valence-corrected chi connectivity index (χ1v) is 9.26. The molecular formula is C20H32N2. The van der Waals surface area contributed by atoms with Gasteiger partial charge in [0, 0.05) is 31.2 Å². The highest BCUT2D eigenvalue weighted by Gasteiger charge is 2.67. The molecule has 2 nitrogen and oxygen atoms in total. The first kappa shape index (κ1) is 15.9. The van der Waals surface area contributed by atoms with Crippen molar-refractivity contribution in [2.75, 3.05) is 32.0 Å². The van der Waals surface area contributed by atoms with Crippen molar-refractivity contribution in [3.05, 3.63) is 29.8 Å². The number of unbranched alkanes of at least 4 members (excludes halogenated alkanes) is 3. The molecule has 0 radical (unpaired) electrons. The van der Waals surface area contributed by atoms with Crippen LogP contribution in [0.1, 0.15) is 51.5 Å². The highest BCUT2D eigenvalue weighted by Crippen LogP contribution is 2.65. The number of likely N-dealkylation sites (tertiary alicyclic amines) is 1. The van der Waals surface area contributed by atoms with Gasteiger partial charge in [0.05, 0.1) is 0 Å². The summed E-state index contributed by atoms with van der Waals surface area (Å²) in [6, 6.07) is 9.13. The van der Waals surface area contributed by atoms with Crippen LogP contribution >= 0.6 is 0 Å².